The van der Waals surface area contributed by atoms with E-state index in [0.717, 1.165) is 29.5 Å². The van der Waals surface area contributed by atoms with Crippen LogP contribution in [-0.2, 0) is 16.4 Å². The van der Waals surface area contributed by atoms with Gasteiger partial charge in [-0.1, -0.05) is 29.8 Å². The van der Waals surface area contributed by atoms with Crippen LogP contribution in [0.4, 0.5) is 0 Å². The number of hydrazone groups is 1. The molecule has 0 atom stereocenters. The van der Waals surface area contributed by atoms with Gasteiger partial charge in [-0.3, -0.25) is 0 Å². The van der Waals surface area contributed by atoms with Gasteiger partial charge < -0.3 is 5.11 Å². The summed E-state index contributed by atoms with van der Waals surface area (Å²) in [5, 5.41) is 14.0. The summed E-state index contributed by atoms with van der Waals surface area (Å²) in [4.78, 5) is 2.48. The van der Waals surface area contributed by atoms with Gasteiger partial charge in [-0.25, -0.2) is 0 Å². The van der Waals surface area contributed by atoms with Crippen molar-refractivity contribution in [2.75, 3.05) is 0 Å². The number of nitrogens with zero attached hydrogens (tertiary/aromatic N) is 1. The highest BCUT2D eigenvalue weighted by Crippen LogP contribution is 2.28. The summed E-state index contributed by atoms with van der Waals surface area (Å²) in [7, 11) is -3.69. The molecule has 2 aromatic rings. The number of sulfonamides is 1. The van der Waals surface area contributed by atoms with Gasteiger partial charge in [0, 0.05) is 11.1 Å². The van der Waals surface area contributed by atoms with E-state index in [0.29, 0.717) is 12.1 Å². The minimum absolute atomic E-state index is 0.180. The van der Waals surface area contributed by atoms with Crippen molar-refractivity contribution in [1.29, 1.82) is 0 Å². The second-order valence-electron chi connectivity index (χ2n) is 5.62. The largest absolute Gasteiger partial charge is 0.508 e. The van der Waals surface area contributed by atoms with Gasteiger partial charge in [-0.15, -0.1) is 0 Å². The third-order valence-electron chi connectivity index (χ3n) is 3.93. The smallest absolute Gasteiger partial charge is 0.276 e. The second kappa shape index (κ2) is 6.04. The fourth-order valence-electron chi connectivity index (χ4n) is 2.68. The molecule has 0 spiro atoms. The molecular weight excluding hydrogens is 312 g/mol. The second-order valence-corrected chi connectivity index (χ2v) is 7.28. The van der Waals surface area contributed by atoms with E-state index in [1.165, 1.54) is 0 Å². The van der Waals surface area contributed by atoms with E-state index in [1.807, 2.05) is 13.0 Å². The van der Waals surface area contributed by atoms with Gasteiger partial charge in [0.1, 0.15) is 5.75 Å². The standard InChI is InChI=1S/C17H18N2O3S/c1-12-8-10-13(11-9-12)23(21,22)19-18-16-6-2-5-15-14(16)4-3-7-17(15)20/h3-4,7-11,19-20H,2,5-6H2,1H3/b18-16+. The third kappa shape index (κ3) is 3.22. The number of fused-ring (bicyclic) bond motifs is 1. The fraction of sp³-hybridized carbons (Fsp3) is 0.235. The number of benzene rings is 2. The average molecular weight is 330 g/mol. The number of hydrogen-bond donors (Lipinski definition) is 2. The Hall–Kier alpha value is -2.34. The van der Waals surface area contributed by atoms with Gasteiger partial charge in [0.25, 0.3) is 10.0 Å². The zero-order valence-electron chi connectivity index (χ0n) is 12.8. The van der Waals surface area contributed by atoms with Crippen molar-refractivity contribution in [2.45, 2.75) is 31.1 Å². The van der Waals surface area contributed by atoms with Gasteiger partial charge in [-0.2, -0.15) is 18.4 Å². The van der Waals surface area contributed by atoms with Crippen LogP contribution in [0.15, 0.2) is 52.5 Å². The Bertz CT molecular complexity index is 856. The first-order chi connectivity index (χ1) is 11.0. The lowest BCUT2D eigenvalue weighted by Gasteiger charge is -2.18. The summed E-state index contributed by atoms with van der Waals surface area (Å²) in [6.45, 7) is 1.90. The molecular formula is C17H18N2O3S. The molecule has 0 saturated carbocycles. The number of rotatable bonds is 3. The molecule has 0 fully saturated rings. The number of phenolic OH excluding ortho intramolecular Hbond substituents is 1. The van der Waals surface area contributed by atoms with Gasteiger partial charge in [0.2, 0.25) is 0 Å². The van der Waals surface area contributed by atoms with E-state index in [1.54, 1.807) is 36.4 Å². The van der Waals surface area contributed by atoms with Crippen molar-refractivity contribution >= 4 is 15.7 Å². The molecule has 1 aliphatic carbocycles. The Kier molecular flexibility index (Phi) is 4.09. The summed E-state index contributed by atoms with van der Waals surface area (Å²) in [6.07, 6.45) is 2.27. The molecule has 0 radical (unpaired) electrons. The molecule has 0 aliphatic heterocycles. The lowest BCUT2D eigenvalue weighted by Crippen LogP contribution is -2.22. The highest BCUT2D eigenvalue weighted by Gasteiger charge is 2.19. The van der Waals surface area contributed by atoms with E-state index in [2.05, 4.69) is 9.93 Å². The first-order valence-electron chi connectivity index (χ1n) is 7.43. The molecule has 3 rings (SSSR count). The lowest BCUT2D eigenvalue weighted by atomic mass is 9.89. The zero-order valence-corrected chi connectivity index (χ0v) is 13.6. The van der Waals surface area contributed by atoms with E-state index in [4.69, 9.17) is 0 Å². The van der Waals surface area contributed by atoms with Gasteiger partial charge in [0.05, 0.1) is 10.6 Å². The zero-order chi connectivity index (χ0) is 16.4. The molecule has 6 heteroatoms. The molecule has 120 valence electrons. The first kappa shape index (κ1) is 15.6. The number of nitrogens with one attached hydrogen (secondary N) is 1. The molecule has 2 aromatic carbocycles. The van der Waals surface area contributed by atoms with Crippen LogP contribution in [0.5, 0.6) is 5.75 Å². The highest BCUT2D eigenvalue weighted by atomic mass is 32.2. The van der Waals surface area contributed by atoms with E-state index in [-0.39, 0.29) is 10.6 Å². The summed E-state index contributed by atoms with van der Waals surface area (Å²) < 4.78 is 24.6. The third-order valence-corrected chi connectivity index (χ3v) is 5.16. The molecule has 0 heterocycles. The normalized spacial score (nSPS) is 16.1. The highest BCUT2D eigenvalue weighted by molar-refractivity contribution is 7.89. The van der Waals surface area contributed by atoms with Crippen LogP contribution in [0.3, 0.4) is 0 Å². The number of aryl methyl sites for hydroxylation is 1. The molecule has 2 N–H and O–H groups in total. The number of phenols is 1. The average Bonchev–Trinajstić information content (AvgIpc) is 2.54. The Morgan fingerprint density at radius 3 is 2.57 bits per heavy atom. The van der Waals surface area contributed by atoms with Crippen LogP contribution in [0.1, 0.15) is 29.5 Å². The fourth-order valence-corrected chi connectivity index (χ4v) is 3.51. The Morgan fingerprint density at radius 1 is 1.09 bits per heavy atom. The van der Waals surface area contributed by atoms with Crippen molar-refractivity contribution in [1.82, 2.24) is 4.83 Å². The summed E-state index contributed by atoms with van der Waals surface area (Å²) in [6, 6.07) is 11.8. The first-order valence-corrected chi connectivity index (χ1v) is 8.92. The van der Waals surface area contributed by atoms with Crippen molar-refractivity contribution in [3.05, 3.63) is 59.2 Å². The molecule has 0 saturated heterocycles. The Labute approximate surface area is 135 Å². The molecule has 23 heavy (non-hydrogen) atoms. The predicted octanol–water partition coefficient (Wildman–Crippen LogP) is 2.72. The Morgan fingerprint density at radius 2 is 1.83 bits per heavy atom. The molecule has 0 bridgehead atoms. The van der Waals surface area contributed by atoms with Gasteiger partial charge in [-0.05, 0) is 44.4 Å². The minimum Gasteiger partial charge on any atom is -0.508 e. The van der Waals surface area contributed by atoms with Crippen molar-refractivity contribution in [2.24, 2.45) is 5.10 Å². The van der Waals surface area contributed by atoms with Crippen LogP contribution in [0.25, 0.3) is 0 Å². The van der Waals surface area contributed by atoms with Gasteiger partial charge >= 0.3 is 0 Å². The van der Waals surface area contributed by atoms with E-state index < -0.39 is 10.0 Å². The van der Waals surface area contributed by atoms with Crippen molar-refractivity contribution in [3.8, 4) is 5.75 Å². The number of hydrogen-bond acceptors (Lipinski definition) is 4. The topological polar surface area (TPSA) is 78.8 Å². The molecule has 0 amide bonds. The molecule has 5 nitrogen and oxygen atoms in total. The summed E-state index contributed by atoms with van der Waals surface area (Å²) >= 11 is 0. The van der Waals surface area contributed by atoms with Crippen LogP contribution >= 0.6 is 0 Å². The molecule has 0 aromatic heterocycles. The molecule has 1 aliphatic rings. The van der Waals surface area contributed by atoms with Crippen LogP contribution in [0.2, 0.25) is 0 Å². The van der Waals surface area contributed by atoms with Crippen molar-refractivity contribution < 1.29 is 13.5 Å². The predicted molar refractivity (Wildman–Crippen MR) is 89.1 cm³/mol. The minimum atomic E-state index is -3.69. The SMILES string of the molecule is Cc1ccc(S(=O)(=O)N/N=C2\CCCc3c(O)cccc32)cc1. The van der Waals surface area contributed by atoms with Crippen LogP contribution in [0, 0.1) is 6.92 Å². The maximum Gasteiger partial charge on any atom is 0.276 e. The summed E-state index contributed by atoms with van der Waals surface area (Å²) in [5.41, 5.74) is 3.28. The van der Waals surface area contributed by atoms with Crippen molar-refractivity contribution in [3.63, 3.8) is 0 Å². The van der Waals surface area contributed by atoms with E-state index >= 15 is 0 Å². The quantitative estimate of drug-likeness (QED) is 0.849. The van der Waals surface area contributed by atoms with Crippen LogP contribution < -0.4 is 4.83 Å². The maximum atomic E-state index is 12.3. The summed E-state index contributed by atoms with van der Waals surface area (Å²) in [5.74, 6) is 0.233. The molecule has 0 unspecified atom stereocenters. The maximum absolute atomic E-state index is 12.3. The Balaban J connectivity index is 1.89. The number of aromatic hydroxyl groups is 1. The van der Waals surface area contributed by atoms with E-state index in [9.17, 15) is 13.5 Å². The van der Waals surface area contributed by atoms with Crippen LogP contribution in [-0.4, -0.2) is 19.2 Å². The monoisotopic (exact) mass is 330 g/mol. The lowest BCUT2D eigenvalue weighted by molar-refractivity contribution is 0.466. The van der Waals surface area contributed by atoms with Gasteiger partial charge in [0.15, 0.2) is 0 Å².